The Morgan fingerprint density at radius 3 is 2.72 bits per heavy atom. The molecule has 0 saturated carbocycles. The van der Waals surface area contributed by atoms with Gasteiger partial charge in [-0.15, -0.1) is 0 Å². The average molecular weight is 409 g/mol. The molecule has 146 valence electrons. The lowest BCUT2D eigenvalue weighted by atomic mass is 10.1. The summed E-state index contributed by atoms with van der Waals surface area (Å²) < 4.78 is 10.1. The number of aromatic amines is 1. The Morgan fingerprint density at radius 1 is 1.17 bits per heavy atom. The second-order valence-corrected chi connectivity index (χ2v) is 6.93. The van der Waals surface area contributed by atoms with Gasteiger partial charge in [0.2, 0.25) is 0 Å². The summed E-state index contributed by atoms with van der Waals surface area (Å²) in [5.41, 5.74) is 1.95. The monoisotopic (exact) mass is 409 g/mol. The molecule has 2 aromatic heterocycles. The third kappa shape index (κ3) is 3.67. The van der Waals surface area contributed by atoms with Crippen molar-refractivity contribution in [1.29, 1.82) is 0 Å². The number of nitrogens with one attached hydrogen (secondary N) is 2. The number of oxazole rings is 1. The van der Waals surface area contributed by atoms with E-state index >= 15 is 0 Å². The minimum Gasteiger partial charge on any atom is -0.462 e. The predicted molar refractivity (Wildman–Crippen MR) is 108 cm³/mol. The molecule has 9 heteroatoms. The Bertz CT molecular complexity index is 1260. The number of thiazole rings is 1. The first-order valence-corrected chi connectivity index (χ1v) is 9.55. The molecule has 0 saturated heterocycles. The fourth-order valence-electron chi connectivity index (χ4n) is 2.83. The van der Waals surface area contributed by atoms with Gasteiger partial charge in [-0.25, -0.2) is 14.6 Å². The van der Waals surface area contributed by atoms with Gasteiger partial charge in [0, 0.05) is 5.56 Å². The molecular weight excluding hydrogens is 394 g/mol. The summed E-state index contributed by atoms with van der Waals surface area (Å²) in [5.74, 6) is -1.65. The van der Waals surface area contributed by atoms with E-state index in [9.17, 15) is 14.4 Å². The van der Waals surface area contributed by atoms with Gasteiger partial charge in [-0.2, -0.15) is 0 Å². The largest absolute Gasteiger partial charge is 0.462 e. The third-order valence-electron chi connectivity index (χ3n) is 4.06. The first-order valence-electron chi connectivity index (χ1n) is 8.73. The molecule has 0 radical (unpaired) electrons. The van der Waals surface area contributed by atoms with Crippen LogP contribution in [0.1, 0.15) is 27.0 Å². The summed E-state index contributed by atoms with van der Waals surface area (Å²) in [5, 5.41) is 2.92. The number of anilines is 1. The van der Waals surface area contributed by atoms with E-state index in [1.807, 2.05) is 30.3 Å². The van der Waals surface area contributed by atoms with E-state index in [4.69, 9.17) is 9.15 Å². The normalized spacial score (nSPS) is 10.8. The van der Waals surface area contributed by atoms with Crippen LogP contribution >= 0.6 is 11.3 Å². The van der Waals surface area contributed by atoms with Crippen molar-refractivity contribution in [1.82, 2.24) is 9.97 Å². The maximum Gasteiger partial charge on any atom is 0.417 e. The van der Waals surface area contributed by atoms with Crippen LogP contribution in [0.2, 0.25) is 0 Å². The number of esters is 1. The van der Waals surface area contributed by atoms with E-state index in [0.717, 1.165) is 16.9 Å². The first kappa shape index (κ1) is 18.6. The van der Waals surface area contributed by atoms with Gasteiger partial charge in [-0.3, -0.25) is 15.1 Å². The highest BCUT2D eigenvalue weighted by molar-refractivity contribution is 7.18. The summed E-state index contributed by atoms with van der Waals surface area (Å²) >= 11 is 1.02. The summed E-state index contributed by atoms with van der Waals surface area (Å²) in [4.78, 5) is 43.8. The van der Waals surface area contributed by atoms with Gasteiger partial charge in [0.1, 0.15) is 4.88 Å². The Labute approximate surface area is 168 Å². The number of amides is 1. The Morgan fingerprint density at radius 2 is 1.97 bits per heavy atom. The molecule has 2 heterocycles. The molecule has 4 aromatic rings. The van der Waals surface area contributed by atoms with Gasteiger partial charge < -0.3 is 9.15 Å². The minimum absolute atomic E-state index is 0.225. The predicted octanol–water partition coefficient (Wildman–Crippen LogP) is 3.67. The standard InChI is InChI=1S/C20H15N3O5S/c1-2-27-18(25)16-14(11-7-4-3-5-8-11)21-19(29-16)23-17(24)12-9-6-10-13-15(12)22-20(26)28-13/h3-10H,2H2,1H3,(H,22,26)(H,21,23,24). The van der Waals surface area contributed by atoms with Crippen LogP contribution in [0.25, 0.3) is 22.4 Å². The van der Waals surface area contributed by atoms with Crippen molar-refractivity contribution in [2.75, 3.05) is 11.9 Å². The van der Waals surface area contributed by atoms with Gasteiger partial charge in [0.15, 0.2) is 10.7 Å². The van der Waals surface area contributed by atoms with E-state index < -0.39 is 17.6 Å². The third-order valence-corrected chi connectivity index (χ3v) is 5.01. The van der Waals surface area contributed by atoms with Crippen LogP contribution in [0.15, 0.2) is 57.7 Å². The summed E-state index contributed by atoms with van der Waals surface area (Å²) in [6.45, 7) is 1.94. The molecule has 2 N–H and O–H groups in total. The van der Waals surface area contributed by atoms with E-state index in [-0.39, 0.29) is 22.9 Å². The zero-order valence-electron chi connectivity index (χ0n) is 15.2. The lowest BCUT2D eigenvalue weighted by Gasteiger charge is -2.02. The molecule has 0 aliphatic heterocycles. The minimum atomic E-state index is -0.648. The van der Waals surface area contributed by atoms with Crippen LogP contribution in [0.5, 0.6) is 0 Å². The van der Waals surface area contributed by atoms with Crippen molar-refractivity contribution in [3.05, 3.63) is 69.5 Å². The summed E-state index contributed by atoms with van der Waals surface area (Å²) in [6.07, 6.45) is 0. The number of aromatic nitrogens is 2. The van der Waals surface area contributed by atoms with Crippen LogP contribution in [-0.2, 0) is 4.74 Å². The highest BCUT2D eigenvalue weighted by atomic mass is 32.1. The number of fused-ring (bicyclic) bond motifs is 1. The van der Waals surface area contributed by atoms with Crippen molar-refractivity contribution < 1.29 is 18.7 Å². The van der Waals surface area contributed by atoms with Crippen LogP contribution < -0.4 is 11.1 Å². The maximum absolute atomic E-state index is 12.8. The van der Waals surface area contributed by atoms with Crippen LogP contribution in [0.3, 0.4) is 0 Å². The van der Waals surface area contributed by atoms with Crippen molar-refractivity contribution in [2.24, 2.45) is 0 Å². The number of hydrogen-bond acceptors (Lipinski definition) is 7. The van der Waals surface area contributed by atoms with Crippen LogP contribution in [0, 0.1) is 0 Å². The molecule has 4 rings (SSSR count). The van der Waals surface area contributed by atoms with Crippen LogP contribution in [0.4, 0.5) is 5.13 Å². The number of carbonyl (C=O) groups excluding carboxylic acids is 2. The molecule has 2 aromatic carbocycles. The quantitative estimate of drug-likeness (QED) is 0.486. The van der Waals surface area contributed by atoms with E-state index in [1.54, 1.807) is 25.1 Å². The molecule has 0 aliphatic carbocycles. The molecule has 0 atom stereocenters. The van der Waals surface area contributed by atoms with Crippen molar-refractivity contribution >= 4 is 39.4 Å². The number of H-pyrrole nitrogens is 1. The topological polar surface area (TPSA) is 114 Å². The van der Waals surface area contributed by atoms with E-state index in [2.05, 4.69) is 15.3 Å². The number of ether oxygens (including phenoxy) is 1. The Kier molecular flexibility index (Phi) is 4.96. The second kappa shape index (κ2) is 7.72. The zero-order valence-corrected chi connectivity index (χ0v) is 16.0. The van der Waals surface area contributed by atoms with Crippen LogP contribution in [-0.4, -0.2) is 28.5 Å². The number of para-hydroxylation sites is 1. The second-order valence-electron chi connectivity index (χ2n) is 5.93. The van der Waals surface area contributed by atoms with Gasteiger partial charge in [-0.1, -0.05) is 47.7 Å². The van der Waals surface area contributed by atoms with E-state index in [0.29, 0.717) is 16.1 Å². The highest BCUT2D eigenvalue weighted by Gasteiger charge is 2.22. The molecule has 0 aliphatic rings. The average Bonchev–Trinajstić information content (AvgIpc) is 3.31. The molecular formula is C20H15N3O5S. The molecule has 29 heavy (non-hydrogen) atoms. The molecule has 0 spiro atoms. The van der Waals surface area contributed by atoms with Gasteiger partial charge in [-0.05, 0) is 19.1 Å². The molecule has 8 nitrogen and oxygen atoms in total. The van der Waals surface area contributed by atoms with Crippen molar-refractivity contribution in [3.8, 4) is 11.3 Å². The molecule has 1 amide bonds. The smallest absolute Gasteiger partial charge is 0.417 e. The number of hydrogen-bond donors (Lipinski definition) is 2. The Balaban J connectivity index is 1.70. The van der Waals surface area contributed by atoms with Gasteiger partial charge in [0.05, 0.1) is 23.4 Å². The molecule has 0 bridgehead atoms. The lowest BCUT2D eigenvalue weighted by molar-refractivity contribution is 0.0532. The first-order chi connectivity index (χ1) is 14.1. The number of benzene rings is 2. The number of rotatable bonds is 5. The van der Waals surface area contributed by atoms with Crippen molar-refractivity contribution in [2.45, 2.75) is 6.92 Å². The fourth-order valence-corrected chi connectivity index (χ4v) is 3.70. The fraction of sp³-hybridized carbons (Fsp3) is 0.100. The van der Waals surface area contributed by atoms with Gasteiger partial charge in [0.25, 0.3) is 5.91 Å². The Hall–Kier alpha value is -3.72. The SMILES string of the molecule is CCOC(=O)c1sc(NC(=O)c2cccc3oc(=O)[nH]c23)nc1-c1ccccc1. The number of carbonyl (C=O) groups is 2. The molecule has 0 fully saturated rings. The zero-order chi connectivity index (χ0) is 20.4. The van der Waals surface area contributed by atoms with Gasteiger partial charge >= 0.3 is 11.7 Å². The lowest BCUT2D eigenvalue weighted by Crippen LogP contribution is -2.12. The van der Waals surface area contributed by atoms with Crippen molar-refractivity contribution in [3.63, 3.8) is 0 Å². The van der Waals surface area contributed by atoms with E-state index in [1.165, 1.54) is 0 Å². The summed E-state index contributed by atoms with van der Waals surface area (Å²) in [7, 11) is 0. The summed E-state index contributed by atoms with van der Waals surface area (Å²) in [6, 6.07) is 13.9. The number of nitrogens with zero attached hydrogens (tertiary/aromatic N) is 1. The maximum atomic E-state index is 12.8. The molecule has 0 unspecified atom stereocenters. The highest BCUT2D eigenvalue weighted by Crippen LogP contribution is 2.32.